The number of nitrogens with one attached hydrogen (secondary N) is 1. The molecule has 0 aromatic carbocycles. The molecule has 1 amide bonds. The second-order valence-corrected chi connectivity index (χ2v) is 15.1. The normalized spacial score (nSPS) is 19.3. The molecule has 1 fully saturated rings. The summed E-state index contributed by atoms with van der Waals surface area (Å²) in [5.74, 6) is -1.67. The summed E-state index contributed by atoms with van der Waals surface area (Å²) in [5.41, 5.74) is -1.35. The number of carbonyl (C=O) groups is 5. The number of rotatable bonds is 20. The molecule has 0 spiro atoms. The monoisotopic (exact) mass is 655 g/mol. The van der Waals surface area contributed by atoms with Crippen LogP contribution < -0.4 is 5.32 Å². The molecule has 0 radical (unpaired) electrons. The van der Waals surface area contributed by atoms with Gasteiger partial charge in [-0.05, 0) is 49.4 Å². The van der Waals surface area contributed by atoms with Crippen molar-refractivity contribution in [2.75, 3.05) is 39.6 Å². The predicted octanol–water partition coefficient (Wildman–Crippen LogP) is 5.04. The van der Waals surface area contributed by atoms with Gasteiger partial charge in [-0.15, -0.1) is 0 Å². The molecule has 12 nitrogen and oxygen atoms in total. The summed E-state index contributed by atoms with van der Waals surface area (Å²) in [7, 11) is 0. The Balaban J connectivity index is 2.38. The second kappa shape index (κ2) is 18.9. The quantitative estimate of drug-likeness (QED) is 0.0781. The Labute approximate surface area is 274 Å². The number of alkyl carbamates (subject to hydrolysis) is 1. The molecule has 1 aliphatic carbocycles. The molecule has 1 saturated carbocycles. The Bertz CT molecular complexity index is 1040. The lowest BCUT2D eigenvalue weighted by atomic mass is 9.61. The number of amides is 1. The maximum Gasteiger partial charge on any atom is 0.407 e. The Morgan fingerprint density at radius 1 is 0.783 bits per heavy atom. The summed E-state index contributed by atoms with van der Waals surface area (Å²) in [6, 6.07) is -0.139. The molecule has 0 aromatic rings. The van der Waals surface area contributed by atoms with Crippen LogP contribution in [-0.2, 0) is 42.9 Å². The first kappa shape index (κ1) is 40.9. The molecule has 264 valence electrons. The van der Waals surface area contributed by atoms with Crippen LogP contribution in [0.4, 0.5) is 4.79 Å². The van der Waals surface area contributed by atoms with E-state index in [2.05, 4.69) is 32.7 Å². The molecule has 12 heteroatoms. The number of aliphatic hydroxyl groups is 1. The van der Waals surface area contributed by atoms with E-state index in [1.807, 2.05) is 13.8 Å². The molecule has 0 heterocycles. The Hall–Kier alpha value is -3.15. The van der Waals surface area contributed by atoms with E-state index in [4.69, 9.17) is 23.7 Å². The molecule has 2 N–H and O–H groups in total. The van der Waals surface area contributed by atoms with Crippen molar-refractivity contribution in [3.8, 4) is 0 Å². The van der Waals surface area contributed by atoms with E-state index >= 15 is 0 Å². The third kappa shape index (κ3) is 18.1. The van der Waals surface area contributed by atoms with Gasteiger partial charge in [0.25, 0.3) is 0 Å². The van der Waals surface area contributed by atoms with E-state index in [0.717, 1.165) is 18.9 Å². The van der Waals surface area contributed by atoms with Gasteiger partial charge in [0, 0.05) is 42.2 Å². The van der Waals surface area contributed by atoms with E-state index in [1.54, 1.807) is 13.8 Å². The molecule has 0 saturated heterocycles. The van der Waals surface area contributed by atoms with Crippen molar-refractivity contribution in [2.45, 2.75) is 112 Å². The first-order valence-electron chi connectivity index (χ1n) is 16.1. The van der Waals surface area contributed by atoms with Crippen LogP contribution in [0.1, 0.15) is 106 Å². The van der Waals surface area contributed by atoms with Gasteiger partial charge in [0.15, 0.2) is 0 Å². The molecule has 0 aromatic heterocycles. The van der Waals surface area contributed by atoms with Gasteiger partial charge >= 0.3 is 30.0 Å². The van der Waals surface area contributed by atoms with E-state index in [-0.39, 0.29) is 93.7 Å². The van der Waals surface area contributed by atoms with Crippen molar-refractivity contribution >= 4 is 30.0 Å². The average molecular weight is 656 g/mol. The SMILES string of the molecule is C=CC(=O)OCCOC(=O)NC1CC(C)(C)CC(C)(CCC(=O)OCC(C)(C)COC(=O)CCCCC(=O)OCC(C)(C)CO)C1. The number of hydrogen-bond donors (Lipinski definition) is 2. The molecule has 2 unspecified atom stereocenters. The fourth-order valence-electron chi connectivity index (χ4n) is 5.54. The highest BCUT2D eigenvalue weighted by Gasteiger charge is 2.42. The molecule has 0 bridgehead atoms. The summed E-state index contributed by atoms with van der Waals surface area (Å²) in [5, 5.41) is 12.1. The fraction of sp³-hybridized carbons (Fsp3) is 0.794. The highest BCUT2D eigenvalue weighted by atomic mass is 16.6. The number of esters is 4. The number of carbonyl (C=O) groups excluding carboxylic acids is 5. The number of hydrogen-bond acceptors (Lipinski definition) is 11. The number of ether oxygens (including phenoxy) is 5. The molecule has 0 aliphatic heterocycles. The number of unbranched alkanes of at least 4 members (excludes halogenated alkanes) is 1. The van der Waals surface area contributed by atoms with Crippen LogP contribution in [0.2, 0.25) is 0 Å². The first-order valence-corrected chi connectivity index (χ1v) is 16.1. The van der Waals surface area contributed by atoms with Crippen molar-refractivity contribution in [1.29, 1.82) is 0 Å². The van der Waals surface area contributed by atoms with E-state index < -0.39 is 22.9 Å². The maximum atomic E-state index is 12.7. The summed E-state index contributed by atoms with van der Waals surface area (Å²) in [4.78, 5) is 60.1. The lowest BCUT2D eigenvalue weighted by Crippen LogP contribution is -2.47. The van der Waals surface area contributed by atoms with Crippen LogP contribution in [-0.4, -0.2) is 80.8 Å². The second-order valence-electron chi connectivity index (χ2n) is 15.1. The summed E-state index contributed by atoms with van der Waals surface area (Å²) in [6.45, 7) is 17.1. The van der Waals surface area contributed by atoms with Crippen LogP contribution >= 0.6 is 0 Å². The van der Waals surface area contributed by atoms with Gasteiger partial charge in [-0.25, -0.2) is 9.59 Å². The van der Waals surface area contributed by atoms with E-state index in [1.165, 1.54) is 0 Å². The Morgan fingerprint density at radius 2 is 1.28 bits per heavy atom. The molecule has 46 heavy (non-hydrogen) atoms. The highest BCUT2D eigenvalue weighted by molar-refractivity contribution is 5.81. The zero-order chi connectivity index (χ0) is 35.0. The Kier molecular flexibility index (Phi) is 16.8. The van der Waals surface area contributed by atoms with Gasteiger partial charge in [-0.2, -0.15) is 0 Å². The lowest BCUT2D eigenvalue weighted by molar-refractivity contribution is -0.154. The lowest BCUT2D eigenvalue weighted by Gasteiger charge is -2.46. The van der Waals surface area contributed by atoms with Crippen LogP contribution in [0.25, 0.3) is 0 Å². The van der Waals surface area contributed by atoms with Crippen LogP contribution in [0.3, 0.4) is 0 Å². The fourth-order valence-corrected chi connectivity index (χ4v) is 5.54. The van der Waals surface area contributed by atoms with E-state index in [0.29, 0.717) is 25.7 Å². The summed E-state index contributed by atoms with van der Waals surface area (Å²) >= 11 is 0. The zero-order valence-corrected chi connectivity index (χ0v) is 29.0. The zero-order valence-electron chi connectivity index (χ0n) is 29.0. The minimum atomic E-state index is -0.583. The number of aliphatic hydroxyl groups excluding tert-OH is 1. The molecular formula is C34H57NO11. The van der Waals surface area contributed by atoms with Gasteiger partial charge in [0.05, 0.1) is 26.4 Å². The van der Waals surface area contributed by atoms with Crippen molar-refractivity contribution in [3.63, 3.8) is 0 Å². The molecule has 2 atom stereocenters. The van der Waals surface area contributed by atoms with Crippen molar-refractivity contribution < 1.29 is 52.8 Å². The molecule has 1 aliphatic rings. The van der Waals surface area contributed by atoms with Crippen molar-refractivity contribution in [3.05, 3.63) is 12.7 Å². The summed E-state index contributed by atoms with van der Waals surface area (Å²) < 4.78 is 26.1. The van der Waals surface area contributed by atoms with Gasteiger partial charge < -0.3 is 34.1 Å². The van der Waals surface area contributed by atoms with Crippen molar-refractivity contribution in [1.82, 2.24) is 5.32 Å². The van der Waals surface area contributed by atoms with E-state index in [9.17, 15) is 29.1 Å². The van der Waals surface area contributed by atoms with Gasteiger partial charge in [0.2, 0.25) is 0 Å². The van der Waals surface area contributed by atoms with Crippen LogP contribution in [0.15, 0.2) is 12.7 Å². The topological polar surface area (TPSA) is 164 Å². The van der Waals surface area contributed by atoms with Crippen molar-refractivity contribution in [2.24, 2.45) is 21.7 Å². The van der Waals surface area contributed by atoms with Gasteiger partial charge in [-0.3, -0.25) is 14.4 Å². The molecule has 1 rings (SSSR count). The first-order chi connectivity index (χ1) is 21.3. The highest BCUT2D eigenvalue weighted by Crippen LogP contribution is 2.48. The van der Waals surface area contributed by atoms with Gasteiger partial charge in [0.1, 0.15) is 13.2 Å². The standard InChI is InChI=1S/C34H57NO11/c1-9-26(37)42-16-17-43-30(41)35-25-18-31(2,3)20-34(8,19-25)15-14-29(40)46-24-33(6,7)23-45-28(39)13-11-10-12-27(38)44-22-32(4,5)21-36/h9,25,36H,1,10-24H2,2-8H3,(H,35,41). The maximum absolute atomic E-state index is 12.7. The smallest absolute Gasteiger partial charge is 0.407 e. The third-order valence-electron chi connectivity index (χ3n) is 7.74. The summed E-state index contributed by atoms with van der Waals surface area (Å²) in [6.07, 6.45) is 4.89. The Morgan fingerprint density at radius 3 is 1.80 bits per heavy atom. The molecular weight excluding hydrogens is 598 g/mol. The minimum absolute atomic E-state index is 0.0560. The largest absolute Gasteiger partial charge is 0.465 e. The van der Waals surface area contributed by atoms with Gasteiger partial charge in [-0.1, -0.05) is 55.0 Å². The van der Waals surface area contributed by atoms with Crippen LogP contribution in [0.5, 0.6) is 0 Å². The predicted molar refractivity (Wildman–Crippen MR) is 170 cm³/mol. The van der Waals surface area contributed by atoms with Crippen LogP contribution in [0, 0.1) is 21.7 Å². The average Bonchev–Trinajstić information content (AvgIpc) is 2.96. The minimum Gasteiger partial charge on any atom is -0.465 e. The third-order valence-corrected chi connectivity index (χ3v) is 7.74.